The maximum atomic E-state index is 12.0. The lowest BCUT2D eigenvalue weighted by Gasteiger charge is -2.17. The SMILES string of the molecule is CCOc1ccc(C(COCCCC(F)(F)F)NC)cc1. The van der Waals surface area contributed by atoms with Crippen LogP contribution in [0.5, 0.6) is 5.75 Å². The van der Waals surface area contributed by atoms with Crippen molar-refractivity contribution < 1.29 is 22.6 Å². The normalized spacial score (nSPS) is 13.2. The van der Waals surface area contributed by atoms with Gasteiger partial charge in [-0.15, -0.1) is 0 Å². The molecule has 120 valence electrons. The lowest BCUT2D eigenvalue weighted by atomic mass is 10.1. The first-order valence-corrected chi connectivity index (χ1v) is 7.00. The molecular weight excluding hydrogens is 283 g/mol. The molecule has 0 saturated heterocycles. The average molecular weight is 305 g/mol. The van der Waals surface area contributed by atoms with Crippen molar-refractivity contribution in [2.45, 2.75) is 32.0 Å². The fourth-order valence-electron chi connectivity index (χ4n) is 1.89. The molecule has 3 nitrogen and oxygen atoms in total. The second-order valence-electron chi connectivity index (χ2n) is 4.64. The van der Waals surface area contributed by atoms with E-state index in [0.29, 0.717) is 13.2 Å². The number of benzene rings is 1. The van der Waals surface area contributed by atoms with E-state index in [4.69, 9.17) is 9.47 Å². The molecular formula is C15H22F3NO2. The topological polar surface area (TPSA) is 30.5 Å². The first kappa shape index (κ1) is 17.8. The molecule has 0 amide bonds. The van der Waals surface area contributed by atoms with Crippen molar-refractivity contribution in [1.82, 2.24) is 5.32 Å². The van der Waals surface area contributed by atoms with E-state index in [0.717, 1.165) is 11.3 Å². The van der Waals surface area contributed by atoms with Crippen molar-refractivity contribution in [2.24, 2.45) is 0 Å². The smallest absolute Gasteiger partial charge is 0.389 e. The monoisotopic (exact) mass is 305 g/mol. The van der Waals surface area contributed by atoms with Gasteiger partial charge in [0.05, 0.1) is 19.3 Å². The van der Waals surface area contributed by atoms with Gasteiger partial charge >= 0.3 is 6.18 Å². The molecule has 0 radical (unpaired) electrons. The number of halogens is 3. The molecule has 0 spiro atoms. The molecule has 0 saturated carbocycles. The van der Waals surface area contributed by atoms with Gasteiger partial charge in [-0.3, -0.25) is 0 Å². The molecule has 0 heterocycles. The van der Waals surface area contributed by atoms with Gasteiger partial charge in [-0.2, -0.15) is 13.2 Å². The van der Waals surface area contributed by atoms with Gasteiger partial charge in [-0.1, -0.05) is 12.1 Å². The minimum absolute atomic E-state index is 0.0107. The van der Waals surface area contributed by atoms with Crippen LogP contribution in [0, 0.1) is 0 Å². The van der Waals surface area contributed by atoms with Crippen molar-refractivity contribution in [2.75, 3.05) is 26.9 Å². The van der Waals surface area contributed by atoms with E-state index in [-0.39, 0.29) is 19.1 Å². The number of hydrogen-bond acceptors (Lipinski definition) is 3. The Morgan fingerprint density at radius 2 is 1.86 bits per heavy atom. The number of alkyl halides is 3. The maximum absolute atomic E-state index is 12.0. The predicted molar refractivity (Wildman–Crippen MR) is 75.5 cm³/mol. The molecule has 0 aliphatic heterocycles. The van der Waals surface area contributed by atoms with Crippen molar-refractivity contribution in [3.05, 3.63) is 29.8 Å². The second kappa shape index (κ2) is 8.89. The third kappa shape index (κ3) is 7.34. The molecule has 1 atom stereocenters. The Hall–Kier alpha value is -1.27. The molecule has 1 rings (SSSR count). The van der Waals surface area contributed by atoms with E-state index >= 15 is 0 Å². The van der Waals surface area contributed by atoms with Crippen LogP contribution in [0.3, 0.4) is 0 Å². The quantitative estimate of drug-likeness (QED) is 0.706. The molecule has 0 fully saturated rings. The van der Waals surface area contributed by atoms with Gasteiger partial charge in [-0.25, -0.2) is 0 Å². The zero-order valence-corrected chi connectivity index (χ0v) is 12.4. The fourth-order valence-corrected chi connectivity index (χ4v) is 1.89. The van der Waals surface area contributed by atoms with Crippen LogP contribution in [0.1, 0.15) is 31.4 Å². The highest BCUT2D eigenvalue weighted by Crippen LogP contribution is 2.22. The van der Waals surface area contributed by atoms with E-state index in [1.807, 2.05) is 31.2 Å². The molecule has 1 aromatic carbocycles. The van der Waals surface area contributed by atoms with Crippen LogP contribution in [0.15, 0.2) is 24.3 Å². The maximum Gasteiger partial charge on any atom is 0.389 e. The minimum Gasteiger partial charge on any atom is -0.494 e. The van der Waals surface area contributed by atoms with Crippen molar-refractivity contribution >= 4 is 0 Å². The Morgan fingerprint density at radius 3 is 2.38 bits per heavy atom. The summed E-state index contributed by atoms with van der Waals surface area (Å²) in [5, 5.41) is 3.09. The van der Waals surface area contributed by atoms with Crippen molar-refractivity contribution in [3.8, 4) is 5.75 Å². The van der Waals surface area contributed by atoms with Crippen LogP contribution in [0.4, 0.5) is 13.2 Å². The number of rotatable bonds is 9. The summed E-state index contributed by atoms with van der Waals surface area (Å²) >= 11 is 0. The van der Waals surface area contributed by atoms with E-state index in [2.05, 4.69) is 5.32 Å². The summed E-state index contributed by atoms with van der Waals surface area (Å²) in [6, 6.07) is 7.53. The number of ether oxygens (including phenoxy) is 2. The largest absolute Gasteiger partial charge is 0.494 e. The van der Waals surface area contributed by atoms with E-state index in [1.54, 1.807) is 7.05 Å². The summed E-state index contributed by atoms with van der Waals surface area (Å²) in [5.74, 6) is 0.794. The summed E-state index contributed by atoms with van der Waals surface area (Å²) < 4.78 is 46.7. The van der Waals surface area contributed by atoms with Crippen LogP contribution >= 0.6 is 0 Å². The van der Waals surface area contributed by atoms with Crippen LogP contribution in [0.25, 0.3) is 0 Å². The van der Waals surface area contributed by atoms with Crippen molar-refractivity contribution in [3.63, 3.8) is 0 Å². The summed E-state index contributed by atoms with van der Waals surface area (Å²) in [7, 11) is 1.79. The first-order valence-electron chi connectivity index (χ1n) is 7.00. The van der Waals surface area contributed by atoms with Gasteiger partial charge in [0.25, 0.3) is 0 Å². The number of nitrogens with one attached hydrogen (secondary N) is 1. The van der Waals surface area contributed by atoms with Crippen LogP contribution in [0.2, 0.25) is 0 Å². The Morgan fingerprint density at radius 1 is 1.19 bits per heavy atom. The molecule has 1 unspecified atom stereocenters. The molecule has 0 aliphatic rings. The van der Waals surface area contributed by atoms with Gasteiger partial charge in [0.15, 0.2) is 0 Å². The zero-order valence-electron chi connectivity index (χ0n) is 12.4. The highest BCUT2D eigenvalue weighted by atomic mass is 19.4. The molecule has 1 aromatic rings. The molecule has 6 heteroatoms. The van der Waals surface area contributed by atoms with Crippen LogP contribution < -0.4 is 10.1 Å². The highest BCUT2D eigenvalue weighted by molar-refractivity contribution is 5.29. The van der Waals surface area contributed by atoms with E-state index < -0.39 is 12.6 Å². The van der Waals surface area contributed by atoms with Gasteiger partial charge in [0, 0.05) is 13.0 Å². The Kier molecular flexibility index (Phi) is 7.53. The average Bonchev–Trinajstić information content (AvgIpc) is 2.43. The molecule has 0 bridgehead atoms. The lowest BCUT2D eigenvalue weighted by Crippen LogP contribution is -2.22. The minimum atomic E-state index is -4.11. The highest BCUT2D eigenvalue weighted by Gasteiger charge is 2.26. The van der Waals surface area contributed by atoms with E-state index in [9.17, 15) is 13.2 Å². The fraction of sp³-hybridized carbons (Fsp3) is 0.600. The molecule has 1 N–H and O–H groups in total. The Labute approximate surface area is 123 Å². The molecule has 0 aliphatic carbocycles. The zero-order chi connectivity index (χ0) is 15.7. The van der Waals surface area contributed by atoms with Crippen molar-refractivity contribution in [1.29, 1.82) is 0 Å². The van der Waals surface area contributed by atoms with Crippen LogP contribution in [-0.4, -0.2) is 33.0 Å². The number of likely N-dealkylation sites (N-methyl/N-ethyl adjacent to an activating group) is 1. The van der Waals surface area contributed by atoms with E-state index in [1.165, 1.54) is 0 Å². The lowest BCUT2D eigenvalue weighted by molar-refractivity contribution is -0.138. The molecule has 21 heavy (non-hydrogen) atoms. The second-order valence-corrected chi connectivity index (χ2v) is 4.64. The summed E-state index contributed by atoms with van der Waals surface area (Å²) in [6.07, 6.45) is -4.93. The Bertz CT molecular complexity index is 393. The standard InChI is InChI=1S/C15H22F3NO2/c1-3-21-13-7-5-12(6-8-13)14(19-2)11-20-10-4-9-15(16,17)18/h5-8,14,19H,3-4,9-11H2,1-2H3. The van der Waals surface area contributed by atoms with Gasteiger partial charge < -0.3 is 14.8 Å². The van der Waals surface area contributed by atoms with Gasteiger partial charge in [0.1, 0.15) is 5.75 Å². The Balaban J connectivity index is 2.37. The third-order valence-corrected chi connectivity index (χ3v) is 2.98. The summed E-state index contributed by atoms with van der Waals surface area (Å²) in [4.78, 5) is 0. The van der Waals surface area contributed by atoms with Gasteiger partial charge in [0.2, 0.25) is 0 Å². The molecule has 0 aromatic heterocycles. The predicted octanol–water partition coefficient (Wildman–Crippen LogP) is 3.70. The first-order chi connectivity index (χ1) is 9.96. The van der Waals surface area contributed by atoms with Gasteiger partial charge in [-0.05, 0) is 38.1 Å². The summed E-state index contributed by atoms with van der Waals surface area (Å²) in [5.41, 5.74) is 1.01. The number of hydrogen-bond donors (Lipinski definition) is 1. The van der Waals surface area contributed by atoms with Crippen LogP contribution in [-0.2, 0) is 4.74 Å². The summed E-state index contributed by atoms with van der Waals surface area (Å²) in [6.45, 7) is 2.97. The third-order valence-electron chi connectivity index (χ3n) is 2.98.